The lowest BCUT2D eigenvalue weighted by molar-refractivity contribution is 0.0513. The predicted octanol–water partition coefficient (Wildman–Crippen LogP) is 9.57. The number of hydrogen-bond acceptors (Lipinski definition) is 24. The lowest BCUT2D eigenvalue weighted by Crippen LogP contribution is -2.37. The van der Waals surface area contributed by atoms with Crippen molar-refractivity contribution in [2.24, 2.45) is 10.9 Å². The van der Waals surface area contributed by atoms with E-state index in [9.17, 15) is 42.3 Å². The van der Waals surface area contributed by atoms with Crippen molar-refractivity contribution < 1.29 is 75.9 Å². The summed E-state index contributed by atoms with van der Waals surface area (Å²) in [5.41, 5.74) is 8.15. The summed E-state index contributed by atoms with van der Waals surface area (Å²) in [7, 11) is 1.36. The van der Waals surface area contributed by atoms with Gasteiger partial charge in [0.25, 0.3) is 23.2 Å². The minimum absolute atomic E-state index is 0.0189. The fourth-order valence-corrected chi connectivity index (χ4v) is 8.83. The molecule has 0 atom stereocenters. The molecule has 0 aliphatic rings. The van der Waals surface area contributed by atoms with Crippen molar-refractivity contribution in [3.63, 3.8) is 0 Å². The Labute approximate surface area is 600 Å². The second-order valence-corrected chi connectivity index (χ2v) is 24.8. The van der Waals surface area contributed by atoms with Gasteiger partial charge in [0.2, 0.25) is 0 Å². The fraction of sp³-hybridized carbons (Fsp3) is 0.261. The highest BCUT2D eigenvalue weighted by molar-refractivity contribution is 6.03. The number of nitriles is 1. The molecule has 4 amide bonds. The highest BCUT2D eigenvalue weighted by Gasteiger charge is 2.22. The number of amides is 4. The second kappa shape index (κ2) is 36.6. The van der Waals surface area contributed by atoms with Gasteiger partial charge in [0.05, 0.1) is 61.6 Å². The van der Waals surface area contributed by atoms with Crippen molar-refractivity contribution in [3.8, 4) is 29.0 Å². The molecule has 37 heteroatoms. The van der Waals surface area contributed by atoms with Gasteiger partial charge in [-0.3, -0.25) is 9.59 Å². The van der Waals surface area contributed by atoms with Gasteiger partial charge in [0.1, 0.15) is 51.5 Å². The highest BCUT2D eigenvalue weighted by Crippen LogP contribution is 2.28. The number of nitrogens with two attached hydrogens (primary N) is 1. The number of carboxylic acid groups (broad SMARTS) is 1. The Kier molecular flexibility index (Phi) is 27.4. The molecule has 0 radical (unpaired) electrons. The monoisotopic (exact) mass is 1460 g/mol. The number of aromatic nitrogens is 13. The molecule has 0 spiro atoms. The Balaban J connectivity index is 0.000000189. The van der Waals surface area contributed by atoms with E-state index in [1.54, 1.807) is 136 Å². The molecule has 0 fully saturated rings. The van der Waals surface area contributed by atoms with Gasteiger partial charge in [-0.05, 0) is 141 Å². The molecule has 12 N–H and O–H groups in total. The number of fused-ring (bicyclic) bond motifs is 4. The van der Waals surface area contributed by atoms with E-state index in [0.29, 0.717) is 50.7 Å². The van der Waals surface area contributed by atoms with Gasteiger partial charge in [-0.1, -0.05) is 21.5 Å². The molecule has 0 aliphatic heterocycles. The number of aromatic amines is 4. The lowest BCUT2D eigenvalue weighted by atomic mass is 10.2. The van der Waals surface area contributed by atoms with Crippen LogP contribution in [0.15, 0.2) is 154 Å². The molecule has 11 aromatic heterocycles. The number of carbonyl (C=O) groups excluding carboxylic acids is 5. The molecule has 0 saturated heterocycles. The van der Waals surface area contributed by atoms with Crippen LogP contribution < -0.4 is 32.6 Å². The number of rotatable bonds is 14. The quantitative estimate of drug-likeness (QED) is 0.00917. The van der Waals surface area contributed by atoms with Gasteiger partial charge in [0, 0.05) is 77.3 Å². The maximum absolute atomic E-state index is 13.5. The lowest BCUT2D eigenvalue weighted by Gasteiger charge is -2.19. The summed E-state index contributed by atoms with van der Waals surface area (Å²) in [5.74, 6) is -2.77. The summed E-state index contributed by atoms with van der Waals surface area (Å²) in [4.78, 5) is 117. The van der Waals surface area contributed by atoms with E-state index >= 15 is 0 Å². The van der Waals surface area contributed by atoms with Crippen LogP contribution in [0.25, 0.3) is 67.0 Å². The van der Waals surface area contributed by atoms with Gasteiger partial charge >= 0.3 is 30.2 Å². The molecule has 35 nitrogen and oxygen atoms in total. The molecular formula is C69H74F2N20O15. The molecule has 106 heavy (non-hydrogen) atoms. The number of amidine groups is 1. The van der Waals surface area contributed by atoms with Crippen LogP contribution in [0.3, 0.4) is 0 Å². The number of esters is 1. The molecule has 1 aromatic carbocycles. The molecule has 0 saturated carbocycles. The van der Waals surface area contributed by atoms with Crippen LogP contribution in [-0.2, 0) is 38.6 Å². The van der Waals surface area contributed by atoms with Crippen LogP contribution in [0, 0.1) is 23.0 Å². The number of benzene rings is 1. The first-order valence-corrected chi connectivity index (χ1v) is 31.6. The van der Waals surface area contributed by atoms with Crippen LogP contribution in [0.4, 0.5) is 23.2 Å². The minimum Gasteiger partial charge on any atom is -0.478 e. The standard InChI is InChI=1S/C23H16F2N6O3.C15H17N5O3.C9H8N2O2.C8H6N2O2.C7H15N3O3.C7H12N2O2/c24-17-6-5-13(9-18(17)25)12-31-8-2-4-15(23(31)33)21(32)28-11-19-29-22(34-30-19)16-10-27-20-14(16)3-1-7-26-20;1-15(2,3)22-14(21)18-8-11-19-13(23-20-11)10-7-17-12-9(10)5-4-6-16-12;1-13-9(12)7-5-11-8-6(7)3-2-4-10-8;11-8(12)6-4-10-7-5(6)2-1-3-9-7;1-7(2,3)13-6(11)9-4-5(8)10-12;1-7(2,3)11-6(10)9-5-4-8/h1-10H,11-12H2,(H,26,27)(H,28,32);4-7H,8H2,1-3H3,(H,16,17)(H,18,21);2-5H,1H3,(H,10,11);1-4H,(H,9,10)(H,11,12);12H,4H2,1-3H3,(H2,8,10)(H,9,11);5H2,1-3H3,(H,9,10). The number of oxime groups is 1. The minimum atomic E-state index is -1.01. The number of ether oxygens (including phenoxy) is 4. The predicted molar refractivity (Wildman–Crippen MR) is 377 cm³/mol. The van der Waals surface area contributed by atoms with E-state index in [1.165, 1.54) is 42.3 Å². The van der Waals surface area contributed by atoms with E-state index < -0.39 is 64.2 Å². The van der Waals surface area contributed by atoms with Gasteiger partial charge in [-0.15, -0.1) is 0 Å². The largest absolute Gasteiger partial charge is 0.478 e. The molecule has 554 valence electrons. The van der Waals surface area contributed by atoms with Crippen LogP contribution >= 0.6 is 0 Å². The third-order valence-corrected chi connectivity index (χ3v) is 13.3. The first kappa shape index (κ1) is 79.4. The molecule has 12 aromatic rings. The molecule has 0 aliphatic carbocycles. The summed E-state index contributed by atoms with van der Waals surface area (Å²) in [5, 5.41) is 48.3. The first-order valence-electron chi connectivity index (χ1n) is 31.6. The van der Waals surface area contributed by atoms with Crippen LogP contribution in [0.5, 0.6) is 0 Å². The van der Waals surface area contributed by atoms with Gasteiger partial charge in [-0.25, -0.2) is 52.7 Å². The van der Waals surface area contributed by atoms with Crippen LogP contribution in [0.2, 0.25) is 0 Å². The second-order valence-electron chi connectivity index (χ2n) is 24.8. The molecule has 12 rings (SSSR count). The average molecular weight is 1460 g/mol. The summed E-state index contributed by atoms with van der Waals surface area (Å²) in [6, 6.07) is 22.5. The van der Waals surface area contributed by atoms with E-state index in [4.69, 9.17) is 44.6 Å². The van der Waals surface area contributed by atoms with E-state index in [1.807, 2.05) is 24.3 Å². The highest BCUT2D eigenvalue weighted by atomic mass is 19.2. The molecule has 11 heterocycles. The van der Waals surface area contributed by atoms with Crippen molar-refractivity contribution in [1.29, 1.82) is 5.26 Å². The third-order valence-electron chi connectivity index (χ3n) is 13.3. The van der Waals surface area contributed by atoms with Gasteiger partial charge < -0.3 is 89.8 Å². The first-order chi connectivity index (χ1) is 50.3. The zero-order valence-corrected chi connectivity index (χ0v) is 58.7. The number of pyridine rings is 5. The Hall–Kier alpha value is -14.0. The smallest absolute Gasteiger partial charge is 0.408 e. The molecule has 0 bridgehead atoms. The Morgan fingerprint density at radius 1 is 0.604 bits per heavy atom. The number of H-pyrrole nitrogens is 4. The number of hydrogen-bond donors (Lipinski definition) is 11. The number of alkyl carbamates (subject to hydrolysis) is 3. The van der Waals surface area contributed by atoms with Crippen molar-refractivity contribution in [2.45, 2.75) is 98.8 Å². The number of methoxy groups -OCH3 is 1. The number of nitrogens with one attached hydrogen (secondary N) is 8. The van der Waals surface area contributed by atoms with Crippen molar-refractivity contribution in [2.75, 3.05) is 20.2 Å². The van der Waals surface area contributed by atoms with E-state index in [-0.39, 0.29) is 67.4 Å². The van der Waals surface area contributed by atoms with Gasteiger partial charge in [-0.2, -0.15) is 15.2 Å². The number of carbonyl (C=O) groups is 6. The SMILES string of the molecule is CC(C)(C)OC(=O)NC/C(N)=N/O.CC(C)(C)OC(=O)NCC#N.CC(C)(C)OC(=O)NCc1noc(-c2c[nH]c3ncccc23)n1.COC(=O)c1c[nH]c2ncccc12.O=C(NCc1noc(-c2c[nH]c3ncccc23)n1)c1cccn(Cc2ccc(F)c(F)c2)c1=O.O=C(O)c1c[nH]c2ncccc12. The van der Waals surface area contributed by atoms with Gasteiger partial charge in [0.15, 0.2) is 29.1 Å². The molecular weight excluding hydrogens is 1390 g/mol. The van der Waals surface area contributed by atoms with Crippen molar-refractivity contribution >= 4 is 86.1 Å². The fourth-order valence-electron chi connectivity index (χ4n) is 8.83. The zero-order valence-electron chi connectivity index (χ0n) is 58.7. The Bertz CT molecular complexity index is 5140. The summed E-state index contributed by atoms with van der Waals surface area (Å²) in [6.45, 7) is 15.9. The number of halogens is 2. The van der Waals surface area contributed by atoms with E-state index in [0.717, 1.165) is 39.5 Å². The third kappa shape index (κ3) is 23.8. The van der Waals surface area contributed by atoms with Crippen LogP contribution in [-0.4, -0.2) is 154 Å². The van der Waals surface area contributed by atoms with Crippen LogP contribution in [0.1, 0.15) is 111 Å². The number of carboxylic acids is 1. The number of aromatic carboxylic acids is 1. The summed E-state index contributed by atoms with van der Waals surface area (Å²) < 4.78 is 57.9. The summed E-state index contributed by atoms with van der Waals surface area (Å²) in [6.07, 6.45) is 12.9. The van der Waals surface area contributed by atoms with Crippen molar-refractivity contribution in [3.05, 3.63) is 191 Å². The average Bonchev–Trinajstić information content (AvgIpc) is 1.64. The number of nitrogens with zero attached hydrogens (tertiary/aromatic N) is 11. The topological polar surface area (TPSA) is 505 Å². The maximum Gasteiger partial charge on any atom is 0.408 e. The normalized spacial score (nSPS) is 11.1. The zero-order chi connectivity index (χ0) is 77.3. The summed E-state index contributed by atoms with van der Waals surface area (Å²) >= 11 is 0. The van der Waals surface area contributed by atoms with Crippen molar-refractivity contribution in [1.82, 2.24) is 86.0 Å². The maximum atomic E-state index is 13.5. The van der Waals surface area contributed by atoms with E-state index in [2.05, 4.69) is 91.3 Å². The molecule has 0 unspecified atom stereocenters. The Morgan fingerprint density at radius 2 is 1.06 bits per heavy atom. The Morgan fingerprint density at radius 3 is 1.53 bits per heavy atom.